The lowest BCUT2D eigenvalue weighted by Crippen LogP contribution is -2.54. The summed E-state index contributed by atoms with van der Waals surface area (Å²) in [6.45, 7) is 9.34. The Hall–Kier alpha value is -3.65. The lowest BCUT2D eigenvalue weighted by atomic mass is 10.0. The quantitative estimate of drug-likeness (QED) is 0.339. The van der Waals surface area contributed by atoms with Crippen LogP contribution in [0.15, 0.2) is 72.8 Å². The van der Waals surface area contributed by atoms with Crippen LogP contribution in [0.25, 0.3) is 0 Å². The minimum absolute atomic E-state index is 0.0791. The van der Waals surface area contributed by atoms with Crippen LogP contribution in [0.3, 0.4) is 0 Å². The van der Waals surface area contributed by atoms with Gasteiger partial charge in [-0.15, -0.1) is 0 Å². The summed E-state index contributed by atoms with van der Waals surface area (Å²) in [5, 5.41) is 3.05. The van der Waals surface area contributed by atoms with E-state index in [9.17, 15) is 18.0 Å². The molecule has 8 heteroatoms. The minimum atomic E-state index is -3.81. The molecule has 3 aromatic carbocycles. The second-order valence-corrected chi connectivity index (χ2v) is 12.5. The number of hydrogen-bond donors (Lipinski definition) is 1. The van der Waals surface area contributed by atoms with E-state index in [0.29, 0.717) is 12.1 Å². The van der Waals surface area contributed by atoms with Crippen molar-refractivity contribution in [1.82, 2.24) is 10.2 Å². The van der Waals surface area contributed by atoms with Crippen LogP contribution in [-0.2, 0) is 32.6 Å². The van der Waals surface area contributed by atoms with Crippen LogP contribution >= 0.6 is 0 Å². The van der Waals surface area contributed by atoms with Crippen LogP contribution in [0, 0.1) is 20.8 Å². The van der Waals surface area contributed by atoms with Gasteiger partial charge < -0.3 is 10.2 Å². The van der Waals surface area contributed by atoms with E-state index < -0.39 is 28.5 Å². The number of nitrogens with one attached hydrogen (secondary N) is 1. The number of nitrogens with zero attached hydrogens (tertiary/aromatic N) is 2. The maximum atomic E-state index is 14.2. The second kappa shape index (κ2) is 13.6. The number of carbonyl (C=O) groups excluding carboxylic acids is 2. The zero-order valence-electron chi connectivity index (χ0n) is 24.3. The monoisotopic (exact) mass is 563 g/mol. The summed E-state index contributed by atoms with van der Waals surface area (Å²) in [6, 6.07) is 21.9. The Labute approximate surface area is 239 Å². The Bertz CT molecular complexity index is 1410. The van der Waals surface area contributed by atoms with Gasteiger partial charge in [-0.2, -0.15) is 0 Å². The van der Waals surface area contributed by atoms with Crippen molar-refractivity contribution in [2.45, 2.75) is 66.1 Å². The fourth-order valence-electron chi connectivity index (χ4n) is 4.47. The number of rotatable bonds is 12. The number of hydrogen-bond acceptors (Lipinski definition) is 4. The lowest BCUT2D eigenvalue weighted by Gasteiger charge is -2.34. The average Bonchev–Trinajstić information content (AvgIpc) is 2.91. The van der Waals surface area contributed by atoms with E-state index in [2.05, 4.69) is 5.32 Å². The van der Waals surface area contributed by atoms with Gasteiger partial charge in [-0.1, -0.05) is 79.2 Å². The smallest absolute Gasteiger partial charge is 0.244 e. The van der Waals surface area contributed by atoms with Gasteiger partial charge in [0.05, 0.1) is 11.9 Å². The highest BCUT2D eigenvalue weighted by Crippen LogP contribution is 2.25. The fourth-order valence-corrected chi connectivity index (χ4v) is 5.37. The zero-order chi connectivity index (χ0) is 29.4. The molecule has 0 radical (unpaired) electrons. The van der Waals surface area contributed by atoms with Gasteiger partial charge >= 0.3 is 0 Å². The predicted molar refractivity (Wildman–Crippen MR) is 162 cm³/mol. The Kier molecular flexibility index (Phi) is 10.5. The topological polar surface area (TPSA) is 86.8 Å². The minimum Gasteiger partial charge on any atom is -0.352 e. The van der Waals surface area contributed by atoms with E-state index >= 15 is 0 Å². The highest BCUT2D eigenvalue weighted by molar-refractivity contribution is 7.92. The van der Waals surface area contributed by atoms with Gasteiger partial charge in [-0.3, -0.25) is 13.9 Å². The Balaban J connectivity index is 2.08. The fraction of sp³-hybridized carbons (Fsp3) is 0.375. The maximum absolute atomic E-state index is 14.2. The number of anilines is 1. The van der Waals surface area contributed by atoms with E-state index in [1.165, 1.54) is 4.90 Å². The third kappa shape index (κ3) is 8.42. The molecule has 0 saturated heterocycles. The molecule has 0 bridgehead atoms. The number of aryl methyl sites for hydroxylation is 3. The van der Waals surface area contributed by atoms with Crippen LogP contribution in [0.4, 0.5) is 5.69 Å². The first-order valence-corrected chi connectivity index (χ1v) is 15.5. The molecular weight excluding hydrogens is 522 g/mol. The molecule has 0 aliphatic carbocycles. The Morgan fingerprint density at radius 3 is 2.10 bits per heavy atom. The van der Waals surface area contributed by atoms with Gasteiger partial charge in [0.15, 0.2) is 0 Å². The summed E-state index contributed by atoms with van der Waals surface area (Å²) in [5.41, 5.74) is 4.91. The second-order valence-electron chi connectivity index (χ2n) is 10.6. The van der Waals surface area contributed by atoms with Crippen molar-refractivity contribution in [1.29, 1.82) is 0 Å². The average molecular weight is 564 g/mol. The highest BCUT2D eigenvalue weighted by Gasteiger charge is 2.33. The molecule has 2 amide bonds. The number of amides is 2. The number of benzene rings is 3. The molecule has 0 heterocycles. The highest BCUT2D eigenvalue weighted by atomic mass is 32.2. The van der Waals surface area contributed by atoms with E-state index in [1.807, 2.05) is 101 Å². The Morgan fingerprint density at radius 1 is 0.875 bits per heavy atom. The summed E-state index contributed by atoms with van der Waals surface area (Å²) in [5.74, 6) is -0.719. The largest absolute Gasteiger partial charge is 0.352 e. The molecule has 3 rings (SSSR count). The molecule has 0 saturated carbocycles. The summed E-state index contributed by atoms with van der Waals surface area (Å²) >= 11 is 0. The first-order valence-electron chi connectivity index (χ1n) is 13.6. The van der Waals surface area contributed by atoms with Crippen molar-refractivity contribution in [3.8, 4) is 0 Å². The molecule has 214 valence electrons. The van der Waals surface area contributed by atoms with E-state index in [-0.39, 0.29) is 18.5 Å². The van der Waals surface area contributed by atoms with Crippen molar-refractivity contribution in [3.05, 3.63) is 101 Å². The van der Waals surface area contributed by atoms with E-state index in [0.717, 1.165) is 44.8 Å². The van der Waals surface area contributed by atoms with Gasteiger partial charge in [0.1, 0.15) is 12.6 Å². The number of carbonyl (C=O) groups is 2. The van der Waals surface area contributed by atoms with Crippen molar-refractivity contribution < 1.29 is 18.0 Å². The maximum Gasteiger partial charge on any atom is 0.244 e. The molecule has 0 aromatic heterocycles. The van der Waals surface area contributed by atoms with E-state index in [4.69, 9.17) is 0 Å². The van der Waals surface area contributed by atoms with Gasteiger partial charge in [-0.25, -0.2) is 8.42 Å². The summed E-state index contributed by atoms with van der Waals surface area (Å²) in [7, 11) is -3.81. The van der Waals surface area contributed by atoms with Gasteiger partial charge in [0, 0.05) is 19.0 Å². The lowest BCUT2D eigenvalue weighted by molar-refractivity contribution is -0.140. The Morgan fingerprint density at radius 2 is 1.50 bits per heavy atom. The third-order valence-electron chi connectivity index (χ3n) is 7.06. The SMILES string of the molecule is CC[C@@H](C)NC(=O)[C@H](Cc1ccccc1)N(Cc1ccc(C)cc1)C(=O)CN(c1cc(C)ccc1C)S(C)(=O)=O. The standard InChI is InChI=1S/C32H41N3O4S/c1-7-26(5)33-32(37)30(20-27-11-9-8-10-12-27)34(21-28-17-14-23(2)15-18-28)31(36)22-35(40(6,38)39)29-19-24(3)13-16-25(29)4/h8-19,26,30H,7,20-22H2,1-6H3,(H,33,37)/t26-,30+/m1/s1. The molecule has 0 aliphatic heterocycles. The molecule has 0 aliphatic rings. The van der Waals surface area contributed by atoms with Crippen molar-refractivity contribution >= 4 is 27.5 Å². The third-order valence-corrected chi connectivity index (χ3v) is 8.18. The predicted octanol–water partition coefficient (Wildman–Crippen LogP) is 4.93. The molecule has 0 fully saturated rings. The first-order chi connectivity index (χ1) is 18.9. The molecule has 3 aromatic rings. The molecule has 0 unspecified atom stereocenters. The van der Waals surface area contributed by atoms with Gasteiger partial charge in [-0.05, 0) is 62.4 Å². The summed E-state index contributed by atoms with van der Waals surface area (Å²) in [4.78, 5) is 29.4. The first kappa shape index (κ1) is 30.9. The summed E-state index contributed by atoms with van der Waals surface area (Å²) < 4.78 is 27.2. The molecule has 0 spiro atoms. The number of sulfonamides is 1. The van der Waals surface area contributed by atoms with Crippen LogP contribution in [-0.4, -0.2) is 50.0 Å². The van der Waals surface area contributed by atoms with E-state index in [1.54, 1.807) is 6.07 Å². The normalized spacial score (nSPS) is 12.8. The summed E-state index contributed by atoms with van der Waals surface area (Å²) in [6.07, 6.45) is 2.14. The van der Waals surface area contributed by atoms with Gasteiger partial charge in [0.25, 0.3) is 0 Å². The van der Waals surface area contributed by atoms with Crippen molar-refractivity contribution in [2.75, 3.05) is 17.1 Å². The van der Waals surface area contributed by atoms with Crippen LogP contribution in [0.1, 0.15) is 48.1 Å². The van der Waals surface area contributed by atoms with Crippen molar-refractivity contribution in [2.24, 2.45) is 0 Å². The van der Waals surface area contributed by atoms with Gasteiger partial charge in [0.2, 0.25) is 21.8 Å². The zero-order valence-corrected chi connectivity index (χ0v) is 25.2. The molecule has 40 heavy (non-hydrogen) atoms. The molecule has 7 nitrogen and oxygen atoms in total. The van der Waals surface area contributed by atoms with Crippen LogP contribution < -0.4 is 9.62 Å². The van der Waals surface area contributed by atoms with Crippen LogP contribution in [0.2, 0.25) is 0 Å². The molecule has 1 N–H and O–H groups in total. The van der Waals surface area contributed by atoms with Crippen molar-refractivity contribution in [3.63, 3.8) is 0 Å². The molecule has 2 atom stereocenters. The van der Waals surface area contributed by atoms with Crippen LogP contribution in [0.5, 0.6) is 0 Å². The molecular formula is C32H41N3O4S.